The standard InChI is InChI=1S/C54H102NO8P/c1-6-8-10-12-14-16-18-20-22-24-26-27-29-31-33-35-37-39-41-43-45-47-54(57)63-52(51-62-64(58,59)61-49-48-55(3,4)5)50-60-53(56)46-44-42-40-38-36-34-32-30-28-25-23-21-19-17-15-13-11-9-7-2/h18,20-21,23-24,26,52H,6-17,19,22,25,27-51H2,1-5H3/p+1/b20-18-,23-21-,26-24-. The quantitative estimate of drug-likeness (QED) is 0.0211. The Morgan fingerprint density at radius 2 is 0.844 bits per heavy atom. The van der Waals surface area contributed by atoms with E-state index in [0.29, 0.717) is 17.4 Å². The number of phosphoric acid groups is 1. The van der Waals surface area contributed by atoms with Crippen molar-refractivity contribution in [1.82, 2.24) is 0 Å². The van der Waals surface area contributed by atoms with E-state index in [1.165, 1.54) is 167 Å². The Kier molecular flexibility index (Phi) is 45.1. The van der Waals surface area contributed by atoms with Crippen molar-refractivity contribution in [2.45, 2.75) is 251 Å². The van der Waals surface area contributed by atoms with Crippen LogP contribution in [0, 0.1) is 0 Å². The second kappa shape index (κ2) is 46.3. The van der Waals surface area contributed by atoms with Crippen molar-refractivity contribution in [3.63, 3.8) is 0 Å². The molecule has 10 heteroatoms. The van der Waals surface area contributed by atoms with Crippen molar-refractivity contribution in [3.8, 4) is 0 Å². The number of phosphoric ester groups is 1. The van der Waals surface area contributed by atoms with Crippen LogP contribution in [0.2, 0.25) is 0 Å². The first-order valence-electron chi connectivity index (χ1n) is 26.7. The minimum absolute atomic E-state index is 0.0310. The Bertz CT molecular complexity index is 1180. The molecule has 0 bridgehead atoms. The van der Waals surface area contributed by atoms with Crippen LogP contribution < -0.4 is 0 Å². The fourth-order valence-electron chi connectivity index (χ4n) is 7.45. The lowest BCUT2D eigenvalue weighted by Crippen LogP contribution is -2.37. The van der Waals surface area contributed by atoms with Crippen LogP contribution in [0.25, 0.3) is 0 Å². The fourth-order valence-corrected chi connectivity index (χ4v) is 8.19. The molecule has 0 aliphatic rings. The predicted octanol–water partition coefficient (Wildman–Crippen LogP) is 16.0. The van der Waals surface area contributed by atoms with Gasteiger partial charge in [-0.3, -0.25) is 18.6 Å². The number of esters is 2. The summed E-state index contributed by atoms with van der Waals surface area (Å²) in [5.41, 5.74) is 0. The van der Waals surface area contributed by atoms with Crippen LogP contribution in [0.5, 0.6) is 0 Å². The van der Waals surface area contributed by atoms with E-state index in [-0.39, 0.29) is 32.0 Å². The number of rotatable bonds is 49. The molecular formula is C54H103NO8P+. The number of quaternary nitrogens is 1. The maximum Gasteiger partial charge on any atom is 0.472 e. The van der Waals surface area contributed by atoms with E-state index in [1.54, 1.807) is 0 Å². The van der Waals surface area contributed by atoms with E-state index in [2.05, 4.69) is 50.3 Å². The largest absolute Gasteiger partial charge is 0.472 e. The predicted molar refractivity (Wildman–Crippen MR) is 270 cm³/mol. The zero-order valence-electron chi connectivity index (χ0n) is 42.5. The van der Waals surface area contributed by atoms with Crippen molar-refractivity contribution < 1.29 is 42.1 Å². The molecule has 0 radical (unpaired) electrons. The molecular weight excluding hydrogens is 822 g/mol. The number of likely N-dealkylation sites (N-methyl/N-ethyl adjacent to an activating group) is 1. The van der Waals surface area contributed by atoms with Gasteiger partial charge in [-0.2, -0.15) is 0 Å². The van der Waals surface area contributed by atoms with Gasteiger partial charge < -0.3 is 18.9 Å². The summed E-state index contributed by atoms with van der Waals surface area (Å²) in [5, 5.41) is 0. The maximum absolute atomic E-state index is 12.8. The highest BCUT2D eigenvalue weighted by Gasteiger charge is 2.27. The van der Waals surface area contributed by atoms with Gasteiger partial charge in [-0.25, -0.2) is 4.57 Å². The lowest BCUT2D eigenvalue weighted by atomic mass is 10.1. The lowest BCUT2D eigenvalue weighted by molar-refractivity contribution is -0.870. The highest BCUT2D eigenvalue weighted by molar-refractivity contribution is 7.47. The van der Waals surface area contributed by atoms with Crippen molar-refractivity contribution >= 4 is 19.8 Å². The number of nitrogens with zero attached hydrogens (tertiary/aromatic N) is 1. The number of hydrogen-bond acceptors (Lipinski definition) is 7. The third-order valence-electron chi connectivity index (χ3n) is 11.6. The first-order chi connectivity index (χ1) is 31.0. The Hall–Kier alpha value is -1.77. The number of ether oxygens (including phenoxy) is 2. The van der Waals surface area contributed by atoms with Crippen molar-refractivity contribution in [2.75, 3.05) is 47.5 Å². The molecule has 0 aliphatic heterocycles. The van der Waals surface area contributed by atoms with Gasteiger partial charge in [0.25, 0.3) is 0 Å². The molecule has 0 aromatic carbocycles. The molecule has 9 nitrogen and oxygen atoms in total. The molecule has 0 aromatic rings. The monoisotopic (exact) mass is 925 g/mol. The maximum atomic E-state index is 12.8. The van der Waals surface area contributed by atoms with E-state index in [1.807, 2.05) is 21.1 Å². The number of unbranched alkanes of at least 4 members (excludes halogenated alkanes) is 29. The van der Waals surface area contributed by atoms with Gasteiger partial charge in [0.2, 0.25) is 0 Å². The van der Waals surface area contributed by atoms with Gasteiger partial charge in [0.1, 0.15) is 19.8 Å². The Morgan fingerprint density at radius 1 is 0.484 bits per heavy atom. The number of allylic oxidation sites excluding steroid dienone is 6. The normalized spacial score (nSPS) is 13.7. The van der Waals surface area contributed by atoms with Crippen molar-refractivity contribution in [1.29, 1.82) is 0 Å². The topological polar surface area (TPSA) is 108 Å². The summed E-state index contributed by atoms with van der Waals surface area (Å²) in [6.45, 7) is 4.44. The van der Waals surface area contributed by atoms with Crippen molar-refractivity contribution in [2.24, 2.45) is 0 Å². The minimum Gasteiger partial charge on any atom is -0.462 e. The number of hydrogen-bond donors (Lipinski definition) is 1. The molecule has 0 aliphatic carbocycles. The van der Waals surface area contributed by atoms with Gasteiger partial charge in [-0.15, -0.1) is 0 Å². The van der Waals surface area contributed by atoms with Gasteiger partial charge in [0.05, 0.1) is 27.7 Å². The van der Waals surface area contributed by atoms with Gasteiger partial charge in [0.15, 0.2) is 6.10 Å². The van der Waals surface area contributed by atoms with Crippen LogP contribution in [0.1, 0.15) is 245 Å². The Morgan fingerprint density at radius 3 is 1.25 bits per heavy atom. The van der Waals surface area contributed by atoms with Crippen LogP contribution in [-0.4, -0.2) is 74.9 Å². The van der Waals surface area contributed by atoms with Gasteiger partial charge in [-0.05, 0) is 70.6 Å². The van der Waals surface area contributed by atoms with E-state index in [9.17, 15) is 19.0 Å². The highest BCUT2D eigenvalue weighted by Crippen LogP contribution is 2.43. The molecule has 0 rings (SSSR count). The second-order valence-corrected chi connectivity index (χ2v) is 20.7. The smallest absolute Gasteiger partial charge is 0.462 e. The van der Waals surface area contributed by atoms with E-state index < -0.39 is 26.5 Å². The highest BCUT2D eigenvalue weighted by atomic mass is 31.2. The summed E-state index contributed by atoms with van der Waals surface area (Å²) in [7, 11) is 1.48. The lowest BCUT2D eigenvalue weighted by Gasteiger charge is -2.24. The summed E-state index contributed by atoms with van der Waals surface area (Å²) in [6.07, 6.45) is 54.8. The summed E-state index contributed by atoms with van der Waals surface area (Å²) >= 11 is 0. The molecule has 2 atom stereocenters. The molecule has 1 N–H and O–H groups in total. The summed E-state index contributed by atoms with van der Waals surface area (Å²) < 4.78 is 34.5. The average molecular weight is 925 g/mol. The van der Waals surface area contributed by atoms with E-state index in [0.717, 1.165) is 44.9 Å². The molecule has 0 amide bonds. The molecule has 2 unspecified atom stereocenters. The molecule has 0 saturated heterocycles. The molecule has 0 fully saturated rings. The van der Waals surface area contributed by atoms with Gasteiger partial charge >= 0.3 is 19.8 Å². The third-order valence-corrected chi connectivity index (χ3v) is 12.6. The van der Waals surface area contributed by atoms with E-state index in [4.69, 9.17) is 18.5 Å². The van der Waals surface area contributed by atoms with Crippen LogP contribution in [-0.2, 0) is 32.7 Å². The van der Waals surface area contributed by atoms with Crippen LogP contribution in [0.4, 0.5) is 0 Å². The zero-order chi connectivity index (χ0) is 47.1. The third kappa shape index (κ3) is 49.7. The summed E-state index contributed by atoms with van der Waals surface area (Å²) in [4.78, 5) is 35.6. The summed E-state index contributed by atoms with van der Waals surface area (Å²) in [6, 6.07) is 0. The molecule has 0 saturated carbocycles. The van der Waals surface area contributed by atoms with Crippen LogP contribution in [0.3, 0.4) is 0 Å². The number of carbonyl (C=O) groups is 2. The zero-order valence-corrected chi connectivity index (χ0v) is 43.4. The summed E-state index contributed by atoms with van der Waals surface area (Å²) in [5.74, 6) is -0.797. The van der Waals surface area contributed by atoms with Gasteiger partial charge in [-0.1, -0.05) is 198 Å². The molecule has 0 heterocycles. The average Bonchev–Trinajstić information content (AvgIpc) is 3.25. The minimum atomic E-state index is -4.38. The van der Waals surface area contributed by atoms with Crippen molar-refractivity contribution in [3.05, 3.63) is 36.5 Å². The molecule has 0 spiro atoms. The number of carbonyl (C=O) groups excluding carboxylic acids is 2. The Labute approximate surface area is 395 Å². The molecule has 376 valence electrons. The van der Waals surface area contributed by atoms with Gasteiger partial charge in [0, 0.05) is 12.8 Å². The first kappa shape index (κ1) is 62.2. The molecule has 0 aromatic heterocycles. The van der Waals surface area contributed by atoms with Crippen LogP contribution in [0.15, 0.2) is 36.5 Å². The van der Waals surface area contributed by atoms with Crippen LogP contribution >= 0.6 is 7.82 Å². The molecule has 64 heavy (non-hydrogen) atoms. The second-order valence-electron chi connectivity index (χ2n) is 19.3. The fraction of sp³-hybridized carbons (Fsp3) is 0.852. The Balaban J connectivity index is 4.23. The SMILES string of the molecule is CCCCCCC/C=C\C/C=C\CCCCCCCCCCCC(=O)OC(COC(=O)CCCCCCCCCCC/C=C\CCCCCCCC)COP(=O)(O)OCC[N+](C)(C)C. The van der Waals surface area contributed by atoms with E-state index >= 15 is 0 Å². The first-order valence-corrected chi connectivity index (χ1v) is 28.2.